The molecule has 4 nitrogen and oxygen atoms in total. The van der Waals surface area contributed by atoms with Crippen molar-refractivity contribution in [2.24, 2.45) is 0 Å². The number of pyridine rings is 1. The van der Waals surface area contributed by atoms with Crippen LogP contribution in [0.5, 0.6) is 0 Å². The van der Waals surface area contributed by atoms with Crippen molar-refractivity contribution >= 4 is 5.91 Å². The summed E-state index contributed by atoms with van der Waals surface area (Å²) in [6.45, 7) is 2.13. The van der Waals surface area contributed by atoms with Gasteiger partial charge in [-0.3, -0.25) is 9.78 Å². The van der Waals surface area contributed by atoms with Crippen LogP contribution in [0.4, 0.5) is 0 Å². The number of hydrogen-bond donors (Lipinski definition) is 2. The molecule has 0 aliphatic heterocycles. The first-order chi connectivity index (χ1) is 9.63. The Morgan fingerprint density at radius 1 is 1.45 bits per heavy atom. The van der Waals surface area contributed by atoms with Gasteiger partial charge in [0.1, 0.15) is 0 Å². The summed E-state index contributed by atoms with van der Waals surface area (Å²) < 4.78 is 0. The van der Waals surface area contributed by atoms with Gasteiger partial charge in [0.15, 0.2) is 0 Å². The first-order valence-electron chi connectivity index (χ1n) is 7.00. The summed E-state index contributed by atoms with van der Waals surface area (Å²) in [5.41, 5.74) is 1.15. The first-order valence-corrected chi connectivity index (χ1v) is 7.00. The Hall–Kier alpha value is -1.86. The molecule has 1 aromatic rings. The van der Waals surface area contributed by atoms with Gasteiger partial charge in [-0.1, -0.05) is 24.7 Å². The molecule has 1 heterocycles. The van der Waals surface area contributed by atoms with Crippen LogP contribution in [0, 0.1) is 11.8 Å². The van der Waals surface area contributed by atoms with Gasteiger partial charge in [-0.2, -0.15) is 0 Å². The van der Waals surface area contributed by atoms with E-state index in [0.29, 0.717) is 17.5 Å². The number of carbonyl (C=O) groups is 1. The van der Waals surface area contributed by atoms with Gasteiger partial charge in [-0.15, -0.1) is 0 Å². The van der Waals surface area contributed by atoms with Gasteiger partial charge in [0.25, 0.3) is 5.91 Å². The number of hydrogen-bond acceptors (Lipinski definition) is 3. The topological polar surface area (TPSA) is 62.2 Å². The van der Waals surface area contributed by atoms with Crippen molar-refractivity contribution in [2.45, 2.75) is 44.6 Å². The summed E-state index contributed by atoms with van der Waals surface area (Å²) in [7, 11) is 0. The molecule has 1 aliphatic carbocycles. The first kappa shape index (κ1) is 14.5. The molecule has 1 aromatic heterocycles. The van der Waals surface area contributed by atoms with Gasteiger partial charge in [-0.25, -0.2) is 0 Å². The predicted molar refractivity (Wildman–Crippen MR) is 77.2 cm³/mol. The van der Waals surface area contributed by atoms with E-state index in [1.165, 1.54) is 12.8 Å². The highest BCUT2D eigenvalue weighted by Gasteiger charge is 2.30. The Labute approximate surface area is 119 Å². The monoisotopic (exact) mass is 272 g/mol. The third-order valence-electron chi connectivity index (χ3n) is 3.59. The van der Waals surface area contributed by atoms with E-state index in [-0.39, 0.29) is 18.1 Å². The fourth-order valence-electron chi connectivity index (χ4n) is 2.48. The molecule has 0 aromatic carbocycles. The van der Waals surface area contributed by atoms with Crippen LogP contribution in [0.3, 0.4) is 0 Å². The molecule has 0 radical (unpaired) electrons. The summed E-state index contributed by atoms with van der Waals surface area (Å²) in [6.07, 6.45) is 8.01. The quantitative estimate of drug-likeness (QED) is 0.826. The van der Waals surface area contributed by atoms with Gasteiger partial charge in [0, 0.05) is 29.9 Å². The molecule has 20 heavy (non-hydrogen) atoms. The lowest BCUT2D eigenvalue weighted by Crippen LogP contribution is -2.43. The Morgan fingerprint density at radius 2 is 2.20 bits per heavy atom. The normalized spacial score (nSPS) is 16.3. The molecule has 1 saturated carbocycles. The van der Waals surface area contributed by atoms with Crippen molar-refractivity contribution < 1.29 is 9.90 Å². The van der Waals surface area contributed by atoms with Crippen molar-refractivity contribution in [1.29, 1.82) is 0 Å². The van der Waals surface area contributed by atoms with Crippen molar-refractivity contribution in [3.63, 3.8) is 0 Å². The maximum atomic E-state index is 12.2. The van der Waals surface area contributed by atoms with E-state index in [9.17, 15) is 4.79 Å². The molecule has 106 valence electrons. The van der Waals surface area contributed by atoms with Crippen molar-refractivity contribution in [3.8, 4) is 11.8 Å². The van der Waals surface area contributed by atoms with Crippen LogP contribution in [-0.2, 0) is 0 Å². The molecular formula is C16H20N2O2. The molecular weight excluding hydrogens is 252 g/mol. The smallest absolute Gasteiger partial charge is 0.253 e. The minimum atomic E-state index is -0.0901. The summed E-state index contributed by atoms with van der Waals surface area (Å²) >= 11 is 0. The third kappa shape index (κ3) is 3.82. The highest BCUT2D eigenvalue weighted by Crippen LogP contribution is 2.29. The van der Waals surface area contributed by atoms with Crippen LogP contribution >= 0.6 is 0 Å². The lowest BCUT2D eigenvalue weighted by atomic mass is 10.00. The van der Waals surface area contributed by atoms with Crippen LogP contribution in [-0.4, -0.2) is 28.1 Å². The molecule has 0 unspecified atom stereocenters. The maximum Gasteiger partial charge on any atom is 0.253 e. The second-order valence-electron chi connectivity index (χ2n) is 5.46. The van der Waals surface area contributed by atoms with E-state index in [4.69, 9.17) is 5.11 Å². The zero-order chi connectivity index (χ0) is 14.4. The second kappa shape index (κ2) is 6.53. The van der Waals surface area contributed by atoms with Crippen LogP contribution in [0.25, 0.3) is 0 Å². The predicted octanol–water partition coefficient (Wildman–Crippen LogP) is 1.88. The number of aromatic nitrogens is 1. The number of aliphatic hydroxyl groups excluding tert-OH is 1. The maximum absolute atomic E-state index is 12.2. The van der Waals surface area contributed by atoms with E-state index in [2.05, 4.69) is 29.1 Å². The average Bonchev–Trinajstić information content (AvgIpc) is 2.86. The number of carbonyl (C=O) groups excluding carboxylic acids is 1. The number of aliphatic hydroxyl groups is 1. The molecule has 1 fully saturated rings. The summed E-state index contributed by atoms with van der Waals surface area (Å²) in [6, 6.07) is 1.74. The SMILES string of the molecule is CC1(NC(=O)c2cncc(C#CCCO)c2)CCCC1. The Balaban J connectivity index is 2.07. The lowest BCUT2D eigenvalue weighted by molar-refractivity contribution is 0.0907. The highest BCUT2D eigenvalue weighted by atomic mass is 16.2. The molecule has 0 spiro atoms. The largest absolute Gasteiger partial charge is 0.395 e. The summed E-state index contributed by atoms with van der Waals surface area (Å²) in [5, 5.41) is 11.8. The summed E-state index contributed by atoms with van der Waals surface area (Å²) in [5.74, 6) is 5.63. The van der Waals surface area contributed by atoms with Crippen LogP contribution < -0.4 is 5.32 Å². The molecule has 1 amide bonds. The zero-order valence-corrected chi connectivity index (χ0v) is 11.8. The molecule has 0 atom stereocenters. The van der Waals surface area contributed by atoms with Gasteiger partial charge >= 0.3 is 0 Å². The van der Waals surface area contributed by atoms with Crippen LogP contribution in [0.1, 0.15) is 54.9 Å². The molecule has 0 bridgehead atoms. The van der Waals surface area contributed by atoms with Crippen LogP contribution in [0.15, 0.2) is 18.5 Å². The van der Waals surface area contributed by atoms with Crippen molar-refractivity contribution in [3.05, 3.63) is 29.6 Å². The second-order valence-corrected chi connectivity index (χ2v) is 5.46. The van der Waals surface area contributed by atoms with E-state index in [1.54, 1.807) is 18.5 Å². The fraction of sp³-hybridized carbons (Fsp3) is 0.500. The number of nitrogens with zero attached hydrogens (tertiary/aromatic N) is 1. The summed E-state index contributed by atoms with van der Waals surface area (Å²) in [4.78, 5) is 16.3. The fourth-order valence-corrected chi connectivity index (χ4v) is 2.48. The number of nitrogens with one attached hydrogen (secondary N) is 1. The van der Waals surface area contributed by atoms with Gasteiger partial charge in [0.2, 0.25) is 0 Å². The minimum absolute atomic E-state index is 0.0406. The average molecular weight is 272 g/mol. The molecule has 2 rings (SSSR count). The lowest BCUT2D eigenvalue weighted by Gasteiger charge is -2.25. The number of amides is 1. The van der Waals surface area contributed by atoms with E-state index < -0.39 is 0 Å². The van der Waals surface area contributed by atoms with E-state index in [0.717, 1.165) is 12.8 Å². The van der Waals surface area contributed by atoms with Gasteiger partial charge in [-0.05, 0) is 25.8 Å². The zero-order valence-electron chi connectivity index (χ0n) is 11.8. The molecule has 2 N–H and O–H groups in total. The molecule has 0 saturated heterocycles. The molecule has 4 heteroatoms. The molecule has 1 aliphatic rings. The van der Waals surface area contributed by atoms with E-state index in [1.807, 2.05) is 0 Å². The Kier molecular flexibility index (Phi) is 4.75. The van der Waals surface area contributed by atoms with Crippen molar-refractivity contribution in [1.82, 2.24) is 10.3 Å². The third-order valence-corrected chi connectivity index (χ3v) is 3.59. The van der Waals surface area contributed by atoms with Gasteiger partial charge in [0.05, 0.1) is 12.2 Å². The minimum Gasteiger partial charge on any atom is -0.395 e. The highest BCUT2D eigenvalue weighted by molar-refractivity contribution is 5.94. The standard InChI is InChI=1S/C16H20N2O2/c1-16(7-3-4-8-16)18-15(20)14-10-13(11-17-12-14)6-2-5-9-19/h10-12,19H,3-5,7-9H2,1H3,(H,18,20). The van der Waals surface area contributed by atoms with E-state index >= 15 is 0 Å². The van der Waals surface area contributed by atoms with Crippen LogP contribution in [0.2, 0.25) is 0 Å². The Morgan fingerprint density at radius 3 is 2.90 bits per heavy atom. The Bertz CT molecular complexity index is 537. The van der Waals surface area contributed by atoms with Gasteiger partial charge < -0.3 is 10.4 Å². The number of rotatable bonds is 3. The van der Waals surface area contributed by atoms with Crippen molar-refractivity contribution in [2.75, 3.05) is 6.61 Å².